The lowest BCUT2D eigenvalue weighted by molar-refractivity contribution is -0.122. The fourth-order valence-electron chi connectivity index (χ4n) is 4.47. The van der Waals surface area contributed by atoms with Gasteiger partial charge in [-0.2, -0.15) is 0 Å². The lowest BCUT2D eigenvalue weighted by Crippen LogP contribution is -2.41. The molecule has 1 atom stereocenters. The van der Waals surface area contributed by atoms with Gasteiger partial charge in [-0.05, 0) is 55.7 Å². The highest BCUT2D eigenvalue weighted by Gasteiger charge is 2.24. The van der Waals surface area contributed by atoms with Crippen LogP contribution in [0.15, 0.2) is 67.1 Å². The number of nitrogens with one attached hydrogen (secondary N) is 1. The van der Waals surface area contributed by atoms with Crippen LogP contribution in [0, 0.1) is 12.8 Å². The van der Waals surface area contributed by atoms with Crippen molar-refractivity contribution in [2.24, 2.45) is 11.7 Å². The first-order chi connectivity index (χ1) is 17.5. The van der Waals surface area contributed by atoms with Crippen molar-refractivity contribution in [1.82, 2.24) is 14.4 Å². The summed E-state index contributed by atoms with van der Waals surface area (Å²) < 4.78 is 7.94. The summed E-state index contributed by atoms with van der Waals surface area (Å²) in [6.45, 7) is 3.63. The number of nitrogens with zero attached hydrogens (tertiary/aromatic N) is 4. The van der Waals surface area contributed by atoms with E-state index < -0.39 is 0 Å². The fraction of sp³-hybridized carbons (Fsp3) is 0.259. The van der Waals surface area contributed by atoms with Gasteiger partial charge in [0.15, 0.2) is 0 Å². The normalized spacial score (nSPS) is 15.6. The van der Waals surface area contributed by atoms with E-state index in [1.165, 1.54) is 0 Å². The molecule has 3 aromatic heterocycles. The number of hydrogen-bond acceptors (Lipinski definition) is 6. The van der Waals surface area contributed by atoms with Crippen molar-refractivity contribution >= 4 is 29.0 Å². The summed E-state index contributed by atoms with van der Waals surface area (Å²) >= 11 is 0. The average molecular weight is 485 g/mol. The van der Waals surface area contributed by atoms with Gasteiger partial charge >= 0.3 is 0 Å². The van der Waals surface area contributed by atoms with Crippen molar-refractivity contribution in [3.05, 3.63) is 83.9 Å². The fourth-order valence-corrected chi connectivity index (χ4v) is 4.47. The molecular formula is C27H28N6O3. The van der Waals surface area contributed by atoms with E-state index in [0.717, 1.165) is 42.1 Å². The van der Waals surface area contributed by atoms with Crippen LogP contribution in [-0.4, -0.2) is 39.3 Å². The summed E-state index contributed by atoms with van der Waals surface area (Å²) in [5, 5.41) is 2.89. The molecule has 0 bridgehead atoms. The van der Waals surface area contributed by atoms with Crippen LogP contribution in [0.3, 0.4) is 0 Å². The number of nitrogens with two attached hydrogens (primary N) is 1. The second kappa shape index (κ2) is 10.1. The van der Waals surface area contributed by atoms with Crippen molar-refractivity contribution < 1.29 is 14.3 Å². The van der Waals surface area contributed by atoms with Gasteiger partial charge in [-0.15, -0.1) is 0 Å². The lowest BCUT2D eigenvalue weighted by atomic mass is 9.97. The molecule has 1 aliphatic rings. The summed E-state index contributed by atoms with van der Waals surface area (Å²) in [5.74, 6) is 0.490. The largest absolute Gasteiger partial charge is 0.486 e. The number of carbonyl (C=O) groups excluding carboxylic acids is 2. The molecule has 9 heteroatoms. The molecule has 0 radical (unpaired) electrons. The number of piperidine rings is 1. The van der Waals surface area contributed by atoms with E-state index in [-0.39, 0.29) is 24.3 Å². The summed E-state index contributed by atoms with van der Waals surface area (Å²) in [6, 6.07) is 14.7. The van der Waals surface area contributed by atoms with Gasteiger partial charge in [0.1, 0.15) is 23.8 Å². The molecule has 1 aliphatic heterocycles. The number of hydrogen-bond donors (Lipinski definition) is 2. The van der Waals surface area contributed by atoms with Gasteiger partial charge in [0.25, 0.3) is 5.91 Å². The summed E-state index contributed by atoms with van der Waals surface area (Å²) in [7, 11) is 0. The number of imidazole rings is 1. The molecule has 9 nitrogen and oxygen atoms in total. The van der Waals surface area contributed by atoms with E-state index in [1.54, 1.807) is 30.5 Å². The van der Waals surface area contributed by atoms with E-state index in [0.29, 0.717) is 23.5 Å². The van der Waals surface area contributed by atoms with E-state index in [2.05, 4.69) is 20.2 Å². The number of amides is 2. The highest BCUT2D eigenvalue weighted by Crippen LogP contribution is 2.24. The van der Waals surface area contributed by atoms with Crippen LogP contribution in [0.1, 0.15) is 34.5 Å². The highest BCUT2D eigenvalue weighted by atomic mass is 16.5. The Kier molecular flexibility index (Phi) is 6.53. The van der Waals surface area contributed by atoms with Gasteiger partial charge in [0.2, 0.25) is 5.91 Å². The number of benzene rings is 1. The molecule has 4 heterocycles. The first-order valence-corrected chi connectivity index (χ1v) is 11.9. The molecule has 0 aliphatic carbocycles. The number of fused-ring (bicyclic) bond motifs is 1. The third kappa shape index (κ3) is 5.00. The van der Waals surface area contributed by atoms with Gasteiger partial charge in [-0.25, -0.2) is 9.97 Å². The molecule has 36 heavy (non-hydrogen) atoms. The number of ether oxygens (including phenoxy) is 1. The SMILES string of the molecule is Cc1cccn2cc(COc3ccccc3C(=O)Nc3ccc(N4CCCC(C(N)=O)C4)nc3)nc12. The zero-order chi connectivity index (χ0) is 25.1. The van der Waals surface area contributed by atoms with E-state index >= 15 is 0 Å². The van der Waals surface area contributed by atoms with Crippen LogP contribution < -0.4 is 20.7 Å². The molecule has 2 amide bonds. The lowest BCUT2D eigenvalue weighted by Gasteiger charge is -2.32. The zero-order valence-electron chi connectivity index (χ0n) is 20.1. The Morgan fingerprint density at radius 2 is 2.03 bits per heavy atom. The molecule has 3 N–H and O–H groups in total. The maximum atomic E-state index is 13.0. The van der Waals surface area contributed by atoms with Crippen molar-refractivity contribution in [2.75, 3.05) is 23.3 Å². The number of para-hydroxylation sites is 1. The number of aromatic nitrogens is 3. The number of carbonyl (C=O) groups is 2. The Morgan fingerprint density at radius 3 is 2.81 bits per heavy atom. The molecule has 0 spiro atoms. The number of primary amides is 1. The minimum absolute atomic E-state index is 0.166. The monoisotopic (exact) mass is 484 g/mol. The molecule has 1 aromatic carbocycles. The van der Waals surface area contributed by atoms with Crippen molar-refractivity contribution in [1.29, 1.82) is 0 Å². The van der Waals surface area contributed by atoms with Crippen molar-refractivity contribution in [2.45, 2.75) is 26.4 Å². The smallest absolute Gasteiger partial charge is 0.259 e. The molecule has 5 rings (SSSR count). The third-order valence-corrected chi connectivity index (χ3v) is 6.39. The predicted molar refractivity (Wildman–Crippen MR) is 137 cm³/mol. The first kappa shape index (κ1) is 23.3. The maximum absolute atomic E-state index is 13.0. The number of rotatable bonds is 7. The van der Waals surface area contributed by atoms with Crippen LogP contribution >= 0.6 is 0 Å². The van der Waals surface area contributed by atoms with Crippen molar-refractivity contribution in [3.8, 4) is 5.75 Å². The third-order valence-electron chi connectivity index (χ3n) is 6.39. The maximum Gasteiger partial charge on any atom is 0.259 e. The zero-order valence-corrected chi connectivity index (χ0v) is 20.1. The van der Waals surface area contributed by atoms with Gasteiger partial charge < -0.3 is 25.1 Å². The Labute approximate surface area is 208 Å². The van der Waals surface area contributed by atoms with Gasteiger partial charge in [-0.3, -0.25) is 9.59 Å². The Bertz CT molecular complexity index is 1400. The predicted octanol–water partition coefficient (Wildman–Crippen LogP) is 3.57. The van der Waals surface area contributed by atoms with Crippen LogP contribution in [0.25, 0.3) is 5.65 Å². The van der Waals surface area contributed by atoms with E-state index in [4.69, 9.17) is 10.5 Å². The summed E-state index contributed by atoms with van der Waals surface area (Å²) in [4.78, 5) is 35.8. The van der Waals surface area contributed by atoms with Crippen molar-refractivity contribution in [3.63, 3.8) is 0 Å². The van der Waals surface area contributed by atoms with E-state index in [1.807, 2.05) is 48.0 Å². The Balaban J connectivity index is 1.25. The topological polar surface area (TPSA) is 115 Å². The van der Waals surface area contributed by atoms with Gasteiger partial charge in [0, 0.05) is 25.5 Å². The average Bonchev–Trinajstić information content (AvgIpc) is 3.33. The number of aryl methyl sites for hydroxylation is 1. The number of pyridine rings is 2. The second-order valence-electron chi connectivity index (χ2n) is 8.99. The van der Waals surface area contributed by atoms with Crippen LogP contribution in [0.5, 0.6) is 5.75 Å². The van der Waals surface area contributed by atoms with Gasteiger partial charge in [-0.1, -0.05) is 18.2 Å². The summed E-state index contributed by atoms with van der Waals surface area (Å²) in [6.07, 6.45) is 7.17. The molecule has 4 aromatic rings. The molecular weight excluding hydrogens is 456 g/mol. The van der Waals surface area contributed by atoms with Crippen LogP contribution in [0.2, 0.25) is 0 Å². The quantitative estimate of drug-likeness (QED) is 0.414. The minimum Gasteiger partial charge on any atom is -0.486 e. The van der Waals surface area contributed by atoms with Crippen LogP contribution in [0.4, 0.5) is 11.5 Å². The van der Waals surface area contributed by atoms with Crippen LogP contribution in [-0.2, 0) is 11.4 Å². The van der Waals surface area contributed by atoms with Gasteiger partial charge in [0.05, 0.1) is 29.1 Å². The molecule has 1 saturated heterocycles. The van der Waals surface area contributed by atoms with E-state index in [9.17, 15) is 9.59 Å². The standard InChI is InChI=1S/C27H28N6O3/c1-18-6-4-13-33-16-21(30-26(18)33)17-36-23-9-3-2-8-22(23)27(35)31-20-10-11-24(29-14-20)32-12-5-7-19(15-32)25(28)34/h2-4,6,8-11,13-14,16,19H,5,7,12,15,17H2,1H3,(H2,28,34)(H,31,35). The minimum atomic E-state index is -0.294. The highest BCUT2D eigenvalue weighted by molar-refractivity contribution is 6.06. The molecule has 1 fully saturated rings. The molecule has 184 valence electrons. The Hall–Kier alpha value is -4.40. The number of anilines is 2. The molecule has 0 saturated carbocycles. The molecule has 1 unspecified atom stereocenters. The first-order valence-electron chi connectivity index (χ1n) is 11.9. The Morgan fingerprint density at radius 1 is 1.17 bits per heavy atom. The second-order valence-corrected chi connectivity index (χ2v) is 8.99. The summed E-state index contributed by atoms with van der Waals surface area (Å²) in [5.41, 5.74) is 9.21.